The van der Waals surface area contributed by atoms with E-state index in [4.69, 9.17) is 41.7 Å². The van der Waals surface area contributed by atoms with Crippen molar-refractivity contribution in [3.63, 3.8) is 0 Å². The Morgan fingerprint density at radius 3 is 2.62 bits per heavy atom. The molecule has 0 saturated carbocycles. The Balaban J connectivity index is 1.17. The van der Waals surface area contributed by atoms with Gasteiger partial charge in [0.25, 0.3) is 5.91 Å². The van der Waals surface area contributed by atoms with E-state index in [1.165, 1.54) is 6.20 Å². The third-order valence-corrected chi connectivity index (χ3v) is 9.77. The fourth-order valence-corrected chi connectivity index (χ4v) is 6.78. The number of amides is 1. The number of pyridine rings is 1. The van der Waals surface area contributed by atoms with Crippen LogP contribution in [-0.4, -0.2) is 82.9 Å². The highest BCUT2D eigenvalue weighted by Gasteiger charge is 2.24. The lowest BCUT2D eigenvalue weighted by Crippen LogP contribution is -2.41. The number of rotatable bonds is 16. The second kappa shape index (κ2) is 18.2. The lowest BCUT2D eigenvalue weighted by Gasteiger charge is -2.21. The van der Waals surface area contributed by atoms with E-state index in [0.29, 0.717) is 67.8 Å². The fraction of sp³-hybridized carbons (Fsp3) is 0.350. The molecule has 3 heterocycles. The number of β-amino-alcohol motifs (C(OH)–C–C–N with tert-alkyl or cyclic N) is 1. The van der Waals surface area contributed by atoms with Crippen molar-refractivity contribution in [1.82, 2.24) is 20.5 Å². The predicted octanol–water partition coefficient (Wildman–Crippen LogP) is 4.65. The smallest absolute Gasteiger partial charge is 0.326 e. The molecule has 14 nitrogen and oxygen atoms in total. The van der Waals surface area contributed by atoms with E-state index in [0.717, 1.165) is 45.9 Å². The largest absolute Gasteiger partial charge is 0.488 e. The Labute approximate surface area is 324 Å². The number of ether oxygens (including phenoxy) is 4. The van der Waals surface area contributed by atoms with Gasteiger partial charge in [0, 0.05) is 55.8 Å². The Bertz CT molecular complexity index is 2030. The number of aliphatic hydroxyl groups is 1. The van der Waals surface area contributed by atoms with E-state index in [9.17, 15) is 19.8 Å². The lowest BCUT2D eigenvalue weighted by molar-refractivity contribution is -0.139. The van der Waals surface area contributed by atoms with E-state index in [1.54, 1.807) is 18.3 Å². The SMILES string of the molecule is Cc1c(COc2cc(OCc3cncc(C(=O)N[C@@H](CCCNC(=N)N)C(=O)O)c3)c(CN3CC[C@H](O)C3)cc2Cl)cccc1-c1ccc2c(c1)OCCO2. The van der Waals surface area contributed by atoms with Gasteiger partial charge in [-0.25, -0.2) is 4.79 Å². The van der Waals surface area contributed by atoms with Gasteiger partial charge >= 0.3 is 5.97 Å². The predicted molar refractivity (Wildman–Crippen MR) is 206 cm³/mol. The maximum Gasteiger partial charge on any atom is 0.326 e. The lowest BCUT2D eigenvalue weighted by atomic mass is 9.96. The van der Waals surface area contributed by atoms with Crippen LogP contribution in [0.5, 0.6) is 23.0 Å². The molecular weight excluding hydrogens is 728 g/mol. The van der Waals surface area contributed by atoms with E-state index in [-0.39, 0.29) is 31.2 Å². The van der Waals surface area contributed by atoms with Gasteiger partial charge in [-0.2, -0.15) is 0 Å². The molecule has 0 aliphatic carbocycles. The van der Waals surface area contributed by atoms with Gasteiger partial charge < -0.3 is 45.5 Å². The minimum absolute atomic E-state index is 0.0422. The molecule has 0 unspecified atom stereocenters. The van der Waals surface area contributed by atoms with Crippen molar-refractivity contribution in [2.24, 2.45) is 5.73 Å². The van der Waals surface area contributed by atoms with Crippen molar-refractivity contribution in [3.05, 3.63) is 99.8 Å². The minimum Gasteiger partial charge on any atom is -0.488 e. The molecule has 6 rings (SSSR count). The van der Waals surface area contributed by atoms with Gasteiger partial charge in [0.15, 0.2) is 17.5 Å². The number of aliphatic carboxylic acids is 1. The first-order valence-electron chi connectivity index (χ1n) is 18.1. The molecule has 7 N–H and O–H groups in total. The van der Waals surface area contributed by atoms with Gasteiger partial charge in [-0.1, -0.05) is 35.9 Å². The zero-order chi connectivity index (χ0) is 38.9. The summed E-state index contributed by atoms with van der Waals surface area (Å²) in [6, 6.07) is 16.0. The number of carbonyl (C=O) groups excluding carboxylic acids is 1. The maximum atomic E-state index is 13.1. The molecule has 1 fully saturated rings. The van der Waals surface area contributed by atoms with E-state index < -0.39 is 24.0 Å². The van der Waals surface area contributed by atoms with Crippen molar-refractivity contribution in [1.29, 1.82) is 5.41 Å². The third-order valence-electron chi connectivity index (χ3n) is 9.48. The van der Waals surface area contributed by atoms with Crippen LogP contribution in [-0.2, 0) is 24.6 Å². The number of benzene rings is 3. The molecule has 2 aliphatic rings. The summed E-state index contributed by atoms with van der Waals surface area (Å²) in [5, 5.41) is 32.6. The summed E-state index contributed by atoms with van der Waals surface area (Å²) in [4.78, 5) is 31.2. The molecule has 15 heteroatoms. The van der Waals surface area contributed by atoms with E-state index in [2.05, 4.69) is 26.6 Å². The number of carboxylic acid groups (broad SMARTS) is 1. The Morgan fingerprint density at radius 1 is 1.05 bits per heavy atom. The van der Waals surface area contributed by atoms with Crippen molar-refractivity contribution in [2.45, 2.75) is 58.1 Å². The molecule has 1 saturated heterocycles. The molecular formula is C40H45ClN6O8. The van der Waals surface area contributed by atoms with Gasteiger partial charge in [-0.05, 0) is 72.7 Å². The molecule has 0 bridgehead atoms. The molecule has 4 aromatic rings. The number of hydrogen-bond donors (Lipinski definition) is 6. The van der Waals surface area contributed by atoms with Crippen LogP contribution in [0.3, 0.4) is 0 Å². The third kappa shape index (κ3) is 10.4. The molecule has 2 atom stereocenters. The molecule has 1 amide bonds. The first-order chi connectivity index (χ1) is 26.5. The highest BCUT2D eigenvalue weighted by atomic mass is 35.5. The summed E-state index contributed by atoms with van der Waals surface area (Å²) in [5.41, 5.74) is 10.9. The van der Waals surface area contributed by atoms with Crippen molar-refractivity contribution in [3.8, 4) is 34.1 Å². The first-order valence-corrected chi connectivity index (χ1v) is 18.4. The standard InChI is InChI=1S/C40H45ClN6O8/c1-24-27(4-2-5-31(24)26-7-8-34-37(16-26)53-13-12-52-34)23-55-36-17-35(29(15-32(36)41)20-47-11-9-30(48)21-47)54-22-25-14-28(19-44-18-25)38(49)46-33(39(50)51)6-3-10-45-40(42)43/h2,4-5,7-8,14-19,30,33,48H,3,6,9-13,20-23H2,1H3,(H,46,49)(H,50,51)(H4,42,43,45)/t30-,33-/m0/s1. The first kappa shape index (κ1) is 39.1. The van der Waals surface area contributed by atoms with Crippen LogP contribution in [0.2, 0.25) is 5.02 Å². The average Bonchev–Trinajstić information content (AvgIpc) is 3.59. The second-order valence-electron chi connectivity index (χ2n) is 13.5. The number of aromatic nitrogens is 1. The molecule has 3 aromatic carbocycles. The number of halogens is 1. The highest BCUT2D eigenvalue weighted by molar-refractivity contribution is 6.32. The normalized spacial score (nSPS) is 15.6. The zero-order valence-electron chi connectivity index (χ0n) is 30.5. The summed E-state index contributed by atoms with van der Waals surface area (Å²) >= 11 is 6.82. The highest BCUT2D eigenvalue weighted by Crippen LogP contribution is 2.38. The van der Waals surface area contributed by atoms with Crippen LogP contribution >= 0.6 is 11.6 Å². The Hall–Kier alpha value is -5.57. The molecule has 1 aromatic heterocycles. The van der Waals surface area contributed by atoms with Crippen molar-refractivity contribution in [2.75, 3.05) is 32.8 Å². The summed E-state index contributed by atoms with van der Waals surface area (Å²) < 4.78 is 24.2. The molecule has 290 valence electrons. The number of carbonyl (C=O) groups is 2. The van der Waals surface area contributed by atoms with Crippen LogP contribution in [0.1, 0.15) is 51.9 Å². The number of guanidine groups is 1. The van der Waals surface area contributed by atoms with Crippen molar-refractivity contribution >= 4 is 29.4 Å². The number of nitrogens with one attached hydrogen (secondary N) is 3. The quantitative estimate of drug-likeness (QED) is 0.0524. The topological polar surface area (TPSA) is 202 Å². The van der Waals surface area contributed by atoms with Gasteiger partial charge in [0.05, 0.1) is 16.7 Å². The molecule has 55 heavy (non-hydrogen) atoms. The minimum atomic E-state index is -1.18. The van der Waals surface area contributed by atoms with E-state index in [1.807, 2.05) is 43.3 Å². The number of hydrogen-bond acceptors (Lipinski definition) is 10. The molecule has 0 spiro atoms. The van der Waals surface area contributed by atoms with Crippen LogP contribution in [0, 0.1) is 12.3 Å². The average molecular weight is 773 g/mol. The number of carboxylic acids is 1. The Kier molecular flexibility index (Phi) is 12.9. The number of nitrogens with zero attached hydrogens (tertiary/aromatic N) is 2. The summed E-state index contributed by atoms with van der Waals surface area (Å²) in [6.45, 7) is 5.41. The zero-order valence-corrected chi connectivity index (χ0v) is 31.2. The van der Waals surface area contributed by atoms with Crippen LogP contribution in [0.4, 0.5) is 0 Å². The maximum absolute atomic E-state index is 13.1. The Morgan fingerprint density at radius 2 is 1.85 bits per heavy atom. The van der Waals surface area contributed by atoms with Crippen LogP contribution in [0.25, 0.3) is 11.1 Å². The molecule has 2 aliphatic heterocycles. The number of nitrogens with two attached hydrogens (primary N) is 1. The van der Waals surface area contributed by atoms with Gasteiger partial charge in [-0.3, -0.25) is 20.1 Å². The number of likely N-dealkylation sites (tertiary alicyclic amines) is 1. The monoisotopic (exact) mass is 772 g/mol. The van der Waals surface area contributed by atoms with E-state index >= 15 is 0 Å². The summed E-state index contributed by atoms with van der Waals surface area (Å²) in [6.07, 6.45) is 3.72. The fourth-order valence-electron chi connectivity index (χ4n) is 6.54. The summed E-state index contributed by atoms with van der Waals surface area (Å²) in [7, 11) is 0. The molecule has 0 radical (unpaired) electrons. The van der Waals surface area contributed by atoms with Gasteiger partial charge in [-0.15, -0.1) is 0 Å². The number of fused-ring (bicyclic) bond motifs is 1. The summed E-state index contributed by atoms with van der Waals surface area (Å²) in [5.74, 6) is 0.413. The van der Waals surface area contributed by atoms with Crippen molar-refractivity contribution < 1.29 is 38.7 Å². The number of aliphatic hydroxyl groups excluding tert-OH is 1. The van der Waals surface area contributed by atoms with Crippen LogP contribution in [0.15, 0.2) is 67.0 Å². The second-order valence-corrected chi connectivity index (χ2v) is 13.9. The van der Waals surface area contributed by atoms with Gasteiger partial charge in [0.2, 0.25) is 0 Å². The van der Waals surface area contributed by atoms with Gasteiger partial charge in [0.1, 0.15) is 44.0 Å². The van der Waals surface area contributed by atoms with Crippen LogP contribution < -0.4 is 35.3 Å².